The molecule has 0 saturated carbocycles. The van der Waals surface area contributed by atoms with Crippen molar-refractivity contribution in [2.24, 2.45) is 5.10 Å². The van der Waals surface area contributed by atoms with E-state index in [1.165, 1.54) is 0 Å². The van der Waals surface area contributed by atoms with Gasteiger partial charge in [0, 0.05) is 0 Å². The average Bonchev–Trinajstić information content (AvgIpc) is 2.31. The summed E-state index contributed by atoms with van der Waals surface area (Å²) in [5, 5.41) is 10.8. The lowest BCUT2D eigenvalue weighted by atomic mass is 10.3. The Morgan fingerprint density at radius 2 is 2.19 bits per heavy atom. The smallest absolute Gasteiger partial charge is 0.360 e. The average molecular weight is 219 g/mol. The first-order valence-corrected chi connectivity index (χ1v) is 4.84. The summed E-state index contributed by atoms with van der Waals surface area (Å²) in [4.78, 5) is 11.3. The maximum Gasteiger partial charge on any atom is 0.360 e. The summed E-state index contributed by atoms with van der Waals surface area (Å²) in [6.07, 6.45) is 0.855. The molecular formula is C11H13N3O2. The maximum atomic E-state index is 11.3. The van der Waals surface area contributed by atoms with Crippen LogP contribution in [0.25, 0.3) is 0 Å². The van der Waals surface area contributed by atoms with Gasteiger partial charge >= 0.3 is 5.97 Å². The van der Waals surface area contributed by atoms with Crippen LogP contribution >= 0.6 is 0 Å². The predicted molar refractivity (Wildman–Crippen MR) is 62.9 cm³/mol. The van der Waals surface area contributed by atoms with Crippen LogP contribution in [-0.2, 0) is 9.53 Å². The zero-order chi connectivity index (χ0) is 11.8. The molecule has 84 valence electrons. The number of carbonyl (C=O) groups is 1. The molecule has 0 bridgehead atoms. The fourth-order valence-electron chi connectivity index (χ4n) is 0.979. The van der Waals surface area contributed by atoms with E-state index in [1.807, 2.05) is 18.2 Å². The number of nitrogens with zero attached hydrogens (tertiary/aromatic N) is 1. The molecule has 1 rings (SSSR count). The van der Waals surface area contributed by atoms with Gasteiger partial charge in [0.2, 0.25) is 0 Å². The van der Waals surface area contributed by atoms with Crippen LogP contribution in [0.5, 0.6) is 0 Å². The quantitative estimate of drug-likeness (QED) is 0.449. The topological polar surface area (TPSA) is 74.5 Å². The summed E-state index contributed by atoms with van der Waals surface area (Å²) in [7, 11) is 0. The van der Waals surface area contributed by atoms with Crippen molar-refractivity contribution in [2.75, 3.05) is 12.0 Å². The Bertz CT molecular complexity index is 387. The molecule has 0 aliphatic rings. The molecule has 1 aromatic carbocycles. The van der Waals surface area contributed by atoms with E-state index in [-0.39, 0.29) is 12.3 Å². The van der Waals surface area contributed by atoms with Crippen molar-refractivity contribution in [1.29, 1.82) is 5.41 Å². The van der Waals surface area contributed by atoms with Crippen molar-refractivity contribution in [3.05, 3.63) is 30.3 Å². The van der Waals surface area contributed by atoms with E-state index in [0.29, 0.717) is 0 Å². The molecule has 0 radical (unpaired) electrons. The van der Waals surface area contributed by atoms with E-state index >= 15 is 0 Å². The molecule has 0 atom stereocenters. The van der Waals surface area contributed by atoms with Gasteiger partial charge in [-0.15, -0.1) is 0 Å². The molecule has 5 heteroatoms. The van der Waals surface area contributed by atoms with Gasteiger partial charge in [-0.2, -0.15) is 5.10 Å². The minimum atomic E-state index is -0.610. The molecule has 5 nitrogen and oxygen atoms in total. The second-order valence-corrected chi connectivity index (χ2v) is 2.84. The molecule has 0 aliphatic carbocycles. The summed E-state index contributed by atoms with van der Waals surface area (Å²) >= 11 is 0. The number of anilines is 1. The highest BCUT2D eigenvalue weighted by Gasteiger charge is 2.08. The number of hydrogen-bond donors (Lipinski definition) is 2. The third kappa shape index (κ3) is 3.53. The Hall–Kier alpha value is -2.17. The number of para-hydroxylation sites is 1. The Labute approximate surface area is 93.6 Å². The molecule has 0 fully saturated rings. The van der Waals surface area contributed by atoms with Gasteiger partial charge in [-0.1, -0.05) is 18.2 Å². The number of rotatable bonds is 5. The van der Waals surface area contributed by atoms with E-state index in [0.717, 1.165) is 11.9 Å². The van der Waals surface area contributed by atoms with Gasteiger partial charge in [-0.25, -0.2) is 4.79 Å². The van der Waals surface area contributed by atoms with Gasteiger partial charge in [-0.05, 0) is 19.1 Å². The standard InChI is InChI=1S/C11H13N3O2/c1-2-16-11(15)10(8-12)14-13-9-6-4-3-5-7-9/h3-8,12-13H,2H2,1H3/b12-8?,14-10+. The Balaban J connectivity index is 2.67. The summed E-state index contributed by atoms with van der Waals surface area (Å²) < 4.78 is 4.72. The van der Waals surface area contributed by atoms with Crippen LogP contribution in [0.4, 0.5) is 5.69 Å². The number of benzene rings is 1. The molecule has 0 spiro atoms. The first-order chi connectivity index (χ1) is 7.77. The van der Waals surface area contributed by atoms with Crippen LogP contribution in [-0.4, -0.2) is 24.5 Å². The lowest BCUT2D eigenvalue weighted by Gasteiger charge is -2.02. The largest absolute Gasteiger partial charge is 0.461 e. The summed E-state index contributed by atoms with van der Waals surface area (Å²) in [6, 6.07) is 9.16. The van der Waals surface area contributed by atoms with Crippen LogP contribution in [0.1, 0.15) is 6.92 Å². The number of ether oxygens (including phenoxy) is 1. The lowest BCUT2D eigenvalue weighted by molar-refractivity contribution is -0.134. The fourth-order valence-corrected chi connectivity index (χ4v) is 0.979. The van der Waals surface area contributed by atoms with Crippen LogP contribution in [0.2, 0.25) is 0 Å². The molecule has 1 aromatic rings. The van der Waals surface area contributed by atoms with Crippen LogP contribution < -0.4 is 5.43 Å². The highest BCUT2D eigenvalue weighted by molar-refractivity contribution is 6.58. The molecule has 0 amide bonds. The van der Waals surface area contributed by atoms with Crippen LogP contribution in [0, 0.1) is 5.41 Å². The molecule has 0 unspecified atom stereocenters. The number of nitrogens with one attached hydrogen (secondary N) is 2. The van der Waals surface area contributed by atoms with E-state index in [2.05, 4.69) is 10.5 Å². The summed E-state index contributed by atoms with van der Waals surface area (Å²) in [5.74, 6) is -0.610. The third-order valence-electron chi connectivity index (χ3n) is 1.70. The highest BCUT2D eigenvalue weighted by atomic mass is 16.5. The monoisotopic (exact) mass is 219 g/mol. The van der Waals surface area contributed by atoms with Crippen LogP contribution in [0.3, 0.4) is 0 Å². The third-order valence-corrected chi connectivity index (χ3v) is 1.70. The number of hydrogen-bond acceptors (Lipinski definition) is 5. The fraction of sp³-hybridized carbons (Fsp3) is 0.182. The van der Waals surface area contributed by atoms with E-state index < -0.39 is 5.97 Å². The molecule has 16 heavy (non-hydrogen) atoms. The first kappa shape index (κ1) is 11.9. The summed E-state index contributed by atoms with van der Waals surface area (Å²) in [6.45, 7) is 1.96. The SMILES string of the molecule is CCOC(=O)/C(C=N)=N/Nc1ccccc1. The molecule has 0 aliphatic heterocycles. The molecular weight excluding hydrogens is 206 g/mol. The Morgan fingerprint density at radius 1 is 1.50 bits per heavy atom. The van der Waals surface area contributed by atoms with Crippen molar-refractivity contribution in [2.45, 2.75) is 6.92 Å². The van der Waals surface area contributed by atoms with Gasteiger partial charge in [0.05, 0.1) is 18.5 Å². The van der Waals surface area contributed by atoms with Gasteiger partial charge in [-0.3, -0.25) is 5.43 Å². The zero-order valence-corrected chi connectivity index (χ0v) is 8.93. The predicted octanol–water partition coefficient (Wildman–Crippen LogP) is 1.67. The van der Waals surface area contributed by atoms with Crippen molar-refractivity contribution in [3.63, 3.8) is 0 Å². The van der Waals surface area contributed by atoms with Crippen molar-refractivity contribution >= 4 is 23.6 Å². The number of esters is 1. The van der Waals surface area contributed by atoms with Gasteiger partial charge in [0.25, 0.3) is 0 Å². The van der Waals surface area contributed by atoms with Gasteiger partial charge in [0.15, 0.2) is 5.71 Å². The number of hydrazone groups is 1. The minimum Gasteiger partial charge on any atom is -0.461 e. The molecule has 0 aromatic heterocycles. The number of carbonyl (C=O) groups excluding carboxylic acids is 1. The van der Waals surface area contributed by atoms with E-state index in [9.17, 15) is 4.79 Å². The van der Waals surface area contributed by atoms with Gasteiger partial charge in [0.1, 0.15) is 0 Å². The van der Waals surface area contributed by atoms with Crippen LogP contribution in [0.15, 0.2) is 35.4 Å². The minimum absolute atomic E-state index is 0.0642. The van der Waals surface area contributed by atoms with Crippen molar-refractivity contribution < 1.29 is 9.53 Å². The lowest BCUT2D eigenvalue weighted by Crippen LogP contribution is -2.19. The summed E-state index contributed by atoms with van der Waals surface area (Å²) in [5.41, 5.74) is 3.35. The normalized spacial score (nSPS) is 10.7. The maximum absolute atomic E-state index is 11.3. The first-order valence-electron chi connectivity index (χ1n) is 4.84. The zero-order valence-electron chi connectivity index (χ0n) is 8.93. The highest BCUT2D eigenvalue weighted by Crippen LogP contribution is 2.04. The van der Waals surface area contributed by atoms with Crippen molar-refractivity contribution in [1.82, 2.24) is 0 Å². The second kappa shape index (κ2) is 6.34. The Morgan fingerprint density at radius 3 is 2.75 bits per heavy atom. The molecule has 0 heterocycles. The molecule has 2 N–H and O–H groups in total. The van der Waals surface area contributed by atoms with E-state index in [4.69, 9.17) is 10.1 Å². The van der Waals surface area contributed by atoms with E-state index in [1.54, 1.807) is 19.1 Å². The van der Waals surface area contributed by atoms with Crippen molar-refractivity contribution in [3.8, 4) is 0 Å². The Kier molecular flexibility index (Phi) is 4.72. The molecule has 0 saturated heterocycles. The van der Waals surface area contributed by atoms with Gasteiger partial charge < -0.3 is 10.1 Å². The second-order valence-electron chi connectivity index (χ2n) is 2.84.